The minimum Gasteiger partial charge on any atom is -0.302 e. The Labute approximate surface area is 156 Å². The summed E-state index contributed by atoms with van der Waals surface area (Å²) in [5.41, 5.74) is 3.70. The summed E-state index contributed by atoms with van der Waals surface area (Å²) in [4.78, 5) is 1.34. The molecule has 0 saturated heterocycles. The molecule has 0 spiro atoms. The summed E-state index contributed by atoms with van der Waals surface area (Å²) in [6.07, 6.45) is 1.05. The lowest BCUT2D eigenvalue weighted by Crippen LogP contribution is -2.02. The number of halogens is 1. The van der Waals surface area contributed by atoms with Gasteiger partial charge in [0.25, 0.3) is 0 Å². The predicted molar refractivity (Wildman–Crippen MR) is 104 cm³/mol. The Morgan fingerprint density at radius 1 is 1.25 bits per heavy atom. The van der Waals surface area contributed by atoms with Crippen molar-refractivity contribution in [1.82, 2.24) is 14.8 Å². The molecule has 0 unspecified atom stereocenters. The molecule has 3 aromatic rings. The van der Waals surface area contributed by atoms with E-state index in [0.29, 0.717) is 0 Å². The summed E-state index contributed by atoms with van der Waals surface area (Å²) in [5, 5.41) is 12.9. The molecule has 6 heteroatoms. The molecule has 3 nitrogen and oxygen atoms in total. The van der Waals surface area contributed by atoms with Gasteiger partial charge in [0.15, 0.2) is 11.0 Å². The van der Waals surface area contributed by atoms with E-state index in [0.717, 1.165) is 34.7 Å². The fraction of sp³-hybridized carbons (Fsp3) is 0.333. The van der Waals surface area contributed by atoms with Crippen LogP contribution in [0.25, 0.3) is 11.4 Å². The summed E-state index contributed by atoms with van der Waals surface area (Å²) >= 11 is 9.55. The maximum Gasteiger partial charge on any atom is 0.191 e. The number of thioether (sulfide) groups is 1. The van der Waals surface area contributed by atoms with E-state index in [1.807, 2.05) is 18.2 Å². The van der Waals surface area contributed by atoms with Gasteiger partial charge in [0.05, 0.1) is 0 Å². The topological polar surface area (TPSA) is 30.7 Å². The Hall–Kier alpha value is -1.30. The molecule has 2 heterocycles. The van der Waals surface area contributed by atoms with Crippen molar-refractivity contribution in [1.29, 1.82) is 0 Å². The molecule has 3 rings (SSSR count). The zero-order valence-electron chi connectivity index (χ0n) is 14.0. The van der Waals surface area contributed by atoms with Crippen LogP contribution < -0.4 is 0 Å². The summed E-state index contributed by atoms with van der Waals surface area (Å²) in [6, 6.07) is 7.97. The highest BCUT2D eigenvalue weighted by atomic mass is 35.5. The van der Waals surface area contributed by atoms with Crippen LogP contribution in [0.4, 0.5) is 0 Å². The Morgan fingerprint density at radius 3 is 2.75 bits per heavy atom. The molecule has 0 atom stereocenters. The SMILES string of the molecule is CCCn1c(SCc2cccc(Cl)c2)nnc1-c1csc(C)c1C. The number of rotatable bonds is 6. The molecule has 0 amide bonds. The minimum absolute atomic E-state index is 0.771. The van der Waals surface area contributed by atoms with Crippen molar-refractivity contribution in [2.75, 3.05) is 0 Å². The van der Waals surface area contributed by atoms with Gasteiger partial charge in [-0.15, -0.1) is 21.5 Å². The van der Waals surface area contributed by atoms with Gasteiger partial charge in [0.1, 0.15) is 0 Å². The van der Waals surface area contributed by atoms with Crippen LogP contribution in [0.5, 0.6) is 0 Å². The number of benzene rings is 1. The molecule has 1 aromatic carbocycles. The van der Waals surface area contributed by atoms with Crippen molar-refractivity contribution in [3.63, 3.8) is 0 Å². The Balaban J connectivity index is 1.87. The van der Waals surface area contributed by atoms with Gasteiger partial charge < -0.3 is 4.57 Å². The lowest BCUT2D eigenvalue weighted by molar-refractivity contribution is 0.626. The highest BCUT2D eigenvalue weighted by molar-refractivity contribution is 7.98. The maximum absolute atomic E-state index is 6.07. The second-order valence-corrected chi connectivity index (χ2v) is 8.17. The van der Waals surface area contributed by atoms with Crippen LogP contribution in [0.2, 0.25) is 5.02 Å². The zero-order chi connectivity index (χ0) is 17.1. The third-order valence-electron chi connectivity index (χ3n) is 3.95. The third-order valence-corrected chi connectivity index (χ3v) is 6.23. The first kappa shape index (κ1) is 17.5. The van der Waals surface area contributed by atoms with E-state index >= 15 is 0 Å². The number of aryl methyl sites for hydroxylation is 1. The number of thiophene rings is 1. The third kappa shape index (κ3) is 3.68. The highest BCUT2D eigenvalue weighted by Crippen LogP contribution is 2.32. The van der Waals surface area contributed by atoms with Gasteiger partial charge in [0.2, 0.25) is 0 Å². The van der Waals surface area contributed by atoms with Crippen molar-refractivity contribution >= 4 is 34.7 Å². The van der Waals surface area contributed by atoms with Gasteiger partial charge >= 0.3 is 0 Å². The van der Waals surface area contributed by atoms with Crippen LogP contribution in [0.15, 0.2) is 34.8 Å². The normalized spacial score (nSPS) is 11.2. The average molecular weight is 378 g/mol. The molecule has 0 saturated carbocycles. The smallest absolute Gasteiger partial charge is 0.191 e. The molecule has 2 aromatic heterocycles. The van der Waals surface area contributed by atoms with Crippen LogP contribution in [-0.2, 0) is 12.3 Å². The van der Waals surface area contributed by atoms with Crippen LogP contribution >= 0.6 is 34.7 Å². The van der Waals surface area contributed by atoms with E-state index < -0.39 is 0 Å². The van der Waals surface area contributed by atoms with Gasteiger partial charge in [-0.05, 0) is 43.5 Å². The number of hydrogen-bond acceptors (Lipinski definition) is 4. The van der Waals surface area contributed by atoms with Crippen molar-refractivity contribution in [2.45, 2.75) is 44.6 Å². The van der Waals surface area contributed by atoms with Crippen LogP contribution in [0.3, 0.4) is 0 Å². The van der Waals surface area contributed by atoms with Crippen LogP contribution in [0.1, 0.15) is 29.3 Å². The summed E-state index contributed by atoms with van der Waals surface area (Å²) < 4.78 is 2.24. The van der Waals surface area contributed by atoms with E-state index in [2.05, 4.69) is 47.0 Å². The summed E-state index contributed by atoms with van der Waals surface area (Å²) in [6.45, 7) is 7.42. The molecule has 0 aliphatic carbocycles. The summed E-state index contributed by atoms with van der Waals surface area (Å²) in [7, 11) is 0. The average Bonchev–Trinajstić information content (AvgIpc) is 3.10. The Kier molecular flexibility index (Phi) is 5.64. The fourth-order valence-corrected chi connectivity index (χ4v) is 4.51. The van der Waals surface area contributed by atoms with Gasteiger partial charge in [-0.2, -0.15) is 0 Å². The van der Waals surface area contributed by atoms with E-state index in [1.54, 1.807) is 23.1 Å². The van der Waals surface area contributed by atoms with E-state index in [9.17, 15) is 0 Å². The molecule has 0 N–H and O–H groups in total. The first-order valence-corrected chi connectivity index (χ1v) is 10.2. The summed E-state index contributed by atoms with van der Waals surface area (Å²) in [5.74, 6) is 1.82. The lowest BCUT2D eigenvalue weighted by atomic mass is 10.1. The predicted octanol–water partition coefficient (Wildman–Crippen LogP) is 5.98. The van der Waals surface area contributed by atoms with Crippen molar-refractivity contribution in [2.24, 2.45) is 0 Å². The van der Waals surface area contributed by atoms with Crippen LogP contribution in [0, 0.1) is 13.8 Å². The van der Waals surface area contributed by atoms with Crippen molar-refractivity contribution in [3.05, 3.63) is 50.7 Å². The monoisotopic (exact) mass is 377 g/mol. The number of nitrogens with zero attached hydrogens (tertiary/aromatic N) is 3. The standard InChI is InChI=1S/C18H20ClN3S2/c1-4-8-22-17(16-11-23-13(3)12(16)2)20-21-18(22)24-10-14-6-5-7-15(19)9-14/h5-7,9,11H,4,8,10H2,1-3H3. The van der Waals surface area contributed by atoms with Gasteiger partial charge in [-0.3, -0.25) is 0 Å². The minimum atomic E-state index is 0.771. The molecule has 0 radical (unpaired) electrons. The van der Waals surface area contributed by atoms with Crippen molar-refractivity contribution in [3.8, 4) is 11.4 Å². The molecular weight excluding hydrogens is 358 g/mol. The second kappa shape index (κ2) is 7.72. The molecule has 0 aliphatic rings. The number of hydrogen-bond donors (Lipinski definition) is 0. The number of aromatic nitrogens is 3. The van der Waals surface area contributed by atoms with Crippen LogP contribution in [-0.4, -0.2) is 14.8 Å². The Morgan fingerprint density at radius 2 is 2.08 bits per heavy atom. The maximum atomic E-state index is 6.07. The van der Waals surface area contributed by atoms with Gasteiger partial charge in [0, 0.05) is 33.1 Å². The van der Waals surface area contributed by atoms with Gasteiger partial charge in [-0.25, -0.2) is 0 Å². The first-order valence-electron chi connectivity index (χ1n) is 7.95. The van der Waals surface area contributed by atoms with E-state index in [1.165, 1.54) is 21.6 Å². The molecular formula is C18H20ClN3S2. The first-order chi connectivity index (χ1) is 11.6. The second-order valence-electron chi connectivity index (χ2n) is 5.71. The molecule has 24 heavy (non-hydrogen) atoms. The molecule has 126 valence electrons. The van der Waals surface area contributed by atoms with Gasteiger partial charge in [-0.1, -0.05) is 42.4 Å². The fourth-order valence-electron chi connectivity index (χ4n) is 2.53. The molecule has 0 fully saturated rings. The molecule has 0 aliphatic heterocycles. The lowest BCUT2D eigenvalue weighted by Gasteiger charge is -2.09. The van der Waals surface area contributed by atoms with Crippen molar-refractivity contribution < 1.29 is 0 Å². The Bertz CT molecular complexity index is 839. The highest BCUT2D eigenvalue weighted by Gasteiger charge is 2.17. The van der Waals surface area contributed by atoms with E-state index in [4.69, 9.17) is 11.6 Å². The zero-order valence-corrected chi connectivity index (χ0v) is 16.4. The largest absolute Gasteiger partial charge is 0.302 e. The quantitative estimate of drug-likeness (QED) is 0.495. The van der Waals surface area contributed by atoms with E-state index in [-0.39, 0.29) is 0 Å². The molecule has 0 bridgehead atoms.